The van der Waals surface area contributed by atoms with Crippen LogP contribution in [0.3, 0.4) is 0 Å². The third kappa shape index (κ3) is 5.09. The first-order valence-corrected chi connectivity index (χ1v) is 10.1. The number of carbonyl (C=O) groups is 1. The van der Waals surface area contributed by atoms with Gasteiger partial charge in [0.2, 0.25) is 5.91 Å². The number of nitro groups is 1. The van der Waals surface area contributed by atoms with Gasteiger partial charge < -0.3 is 9.64 Å². The second-order valence-corrected chi connectivity index (χ2v) is 7.14. The predicted molar refractivity (Wildman–Crippen MR) is 125 cm³/mol. The van der Waals surface area contributed by atoms with Gasteiger partial charge in [0.1, 0.15) is 17.1 Å². The van der Waals surface area contributed by atoms with Crippen LogP contribution in [0.25, 0.3) is 16.9 Å². The van der Waals surface area contributed by atoms with Crippen LogP contribution in [0, 0.1) is 10.1 Å². The largest absolute Gasteiger partial charge is 0.497 e. The lowest BCUT2D eigenvalue weighted by Crippen LogP contribution is -2.31. The smallest absolute Gasteiger partial charge is 0.295 e. The van der Waals surface area contributed by atoms with Crippen molar-refractivity contribution < 1.29 is 14.5 Å². The molecular formula is C22H24N6O5. The van der Waals surface area contributed by atoms with Crippen LogP contribution < -0.4 is 26.0 Å². The number of nitrogens with one attached hydrogen (secondary N) is 2. The zero-order valence-electron chi connectivity index (χ0n) is 18.7. The third-order valence-corrected chi connectivity index (χ3v) is 4.93. The van der Waals surface area contributed by atoms with Gasteiger partial charge in [0.25, 0.3) is 11.2 Å². The molecule has 2 aromatic carbocycles. The summed E-state index contributed by atoms with van der Waals surface area (Å²) in [5, 5.41) is 16.2. The number of methoxy groups -OCH3 is 1. The van der Waals surface area contributed by atoms with Crippen LogP contribution in [0.2, 0.25) is 0 Å². The maximum atomic E-state index is 13.3. The fourth-order valence-corrected chi connectivity index (χ4v) is 3.10. The highest BCUT2D eigenvalue weighted by Crippen LogP contribution is 2.28. The van der Waals surface area contributed by atoms with E-state index in [1.54, 1.807) is 49.4 Å². The number of hydrogen-bond acceptors (Lipinski definition) is 8. The van der Waals surface area contributed by atoms with Gasteiger partial charge in [-0.15, -0.1) is 0 Å². The van der Waals surface area contributed by atoms with Crippen molar-refractivity contribution in [1.29, 1.82) is 0 Å². The zero-order chi connectivity index (χ0) is 24.1. The summed E-state index contributed by atoms with van der Waals surface area (Å²) in [6.45, 7) is 3.73. The van der Waals surface area contributed by atoms with E-state index in [0.717, 1.165) is 4.68 Å². The molecule has 0 saturated heterocycles. The van der Waals surface area contributed by atoms with E-state index in [-0.39, 0.29) is 17.3 Å². The number of hydrazine groups is 1. The monoisotopic (exact) mass is 452 g/mol. The lowest BCUT2D eigenvalue weighted by molar-refractivity contribution is -0.384. The van der Waals surface area contributed by atoms with E-state index >= 15 is 0 Å². The van der Waals surface area contributed by atoms with Crippen LogP contribution in [-0.4, -0.2) is 41.3 Å². The second-order valence-electron chi connectivity index (χ2n) is 7.14. The Kier molecular flexibility index (Phi) is 6.91. The Labute approximate surface area is 189 Å². The highest BCUT2D eigenvalue weighted by Gasteiger charge is 2.22. The molecule has 11 nitrogen and oxygen atoms in total. The summed E-state index contributed by atoms with van der Waals surface area (Å²) < 4.78 is 6.29. The maximum absolute atomic E-state index is 13.3. The first-order chi connectivity index (χ1) is 15.7. The number of hydrogen-bond donors (Lipinski definition) is 2. The number of ether oxygens (including phenoxy) is 1. The molecule has 1 amide bonds. The van der Waals surface area contributed by atoms with Crippen LogP contribution in [-0.2, 0) is 4.79 Å². The summed E-state index contributed by atoms with van der Waals surface area (Å²) in [4.78, 5) is 37.5. The minimum Gasteiger partial charge on any atom is -0.497 e. The molecule has 11 heteroatoms. The van der Waals surface area contributed by atoms with Crippen molar-refractivity contribution in [3.05, 3.63) is 69.0 Å². The summed E-state index contributed by atoms with van der Waals surface area (Å²) in [5.41, 5.74) is 5.94. The lowest BCUT2D eigenvalue weighted by Gasteiger charge is -2.19. The molecule has 0 atom stereocenters. The Morgan fingerprint density at radius 3 is 2.64 bits per heavy atom. The minimum atomic E-state index is -0.590. The summed E-state index contributed by atoms with van der Waals surface area (Å²) in [6.07, 6.45) is 0. The molecule has 172 valence electrons. The standard InChI is InChI=1S/C22H24N6O5/c1-5-26(3)21-13-18(15-7-6-8-17(11-15)33-4)25-27(22(21)30)20-12-16(24-23-14(2)29)9-10-19(20)28(31)32/h6-13,24H,5H2,1-4H3,(H,23,29). The molecule has 0 fully saturated rings. The molecule has 0 aliphatic rings. The molecule has 0 radical (unpaired) electrons. The molecular weight excluding hydrogens is 428 g/mol. The topological polar surface area (TPSA) is 132 Å². The van der Waals surface area contributed by atoms with E-state index in [1.807, 2.05) is 6.92 Å². The normalized spacial score (nSPS) is 10.4. The van der Waals surface area contributed by atoms with Gasteiger partial charge in [-0.05, 0) is 37.3 Å². The highest BCUT2D eigenvalue weighted by atomic mass is 16.6. The van der Waals surface area contributed by atoms with Crippen molar-refractivity contribution in [3.8, 4) is 22.7 Å². The van der Waals surface area contributed by atoms with Gasteiger partial charge >= 0.3 is 0 Å². The van der Waals surface area contributed by atoms with E-state index in [9.17, 15) is 19.7 Å². The average Bonchev–Trinajstić information content (AvgIpc) is 2.82. The van der Waals surface area contributed by atoms with Gasteiger partial charge in [0.05, 0.1) is 23.4 Å². The summed E-state index contributed by atoms with van der Waals surface area (Å²) in [6, 6.07) is 12.8. The third-order valence-electron chi connectivity index (χ3n) is 4.93. The number of benzene rings is 2. The SMILES string of the molecule is CCN(C)c1cc(-c2cccc(OC)c2)nn(-c2cc(NNC(C)=O)ccc2[N+](=O)[O-])c1=O. The number of nitrogens with zero attached hydrogens (tertiary/aromatic N) is 4. The van der Waals surface area contributed by atoms with Gasteiger partial charge in [-0.3, -0.25) is 30.6 Å². The maximum Gasteiger partial charge on any atom is 0.295 e. The van der Waals surface area contributed by atoms with Crippen LogP contribution in [0.5, 0.6) is 5.75 Å². The Morgan fingerprint density at radius 2 is 2.00 bits per heavy atom. The molecule has 0 aliphatic carbocycles. The lowest BCUT2D eigenvalue weighted by atomic mass is 10.1. The molecule has 0 spiro atoms. The van der Waals surface area contributed by atoms with E-state index in [2.05, 4.69) is 16.0 Å². The molecule has 3 aromatic rings. The fourth-order valence-electron chi connectivity index (χ4n) is 3.10. The van der Waals surface area contributed by atoms with Crippen LogP contribution in [0.1, 0.15) is 13.8 Å². The molecule has 2 N–H and O–H groups in total. The summed E-state index contributed by atoms with van der Waals surface area (Å²) >= 11 is 0. The Morgan fingerprint density at radius 1 is 1.24 bits per heavy atom. The number of rotatable bonds is 8. The number of amides is 1. The van der Waals surface area contributed by atoms with Gasteiger partial charge in [-0.1, -0.05) is 12.1 Å². The van der Waals surface area contributed by atoms with Gasteiger partial charge in [0, 0.05) is 32.1 Å². The zero-order valence-corrected chi connectivity index (χ0v) is 18.7. The van der Waals surface area contributed by atoms with Gasteiger partial charge in [0.15, 0.2) is 0 Å². The Balaban J connectivity index is 2.28. The Hall–Kier alpha value is -4.41. The Bertz CT molecular complexity index is 1260. The molecule has 33 heavy (non-hydrogen) atoms. The second kappa shape index (κ2) is 9.81. The molecule has 3 rings (SSSR count). The van der Waals surface area contributed by atoms with Crippen molar-refractivity contribution in [2.75, 3.05) is 31.0 Å². The number of anilines is 2. The fraction of sp³-hybridized carbons (Fsp3) is 0.227. The number of nitro benzene ring substituents is 1. The molecule has 0 aliphatic heterocycles. The number of carbonyl (C=O) groups excluding carboxylic acids is 1. The molecule has 0 bridgehead atoms. The van der Waals surface area contributed by atoms with Crippen molar-refractivity contribution in [2.24, 2.45) is 0 Å². The molecule has 0 unspecified atom stereocenters. The molecule has 1 heterocycles. The van der Waals surface area contributed by atoms with Gasteiger partial charge in [-0.25, -0.2) is 0 Å². The van der Waals surface area contributed by atoms with Crippen molar-refractivity contribution in [1.82, 2.24) is 15.2 Å². The van der Waals surface area contributed by atoms with Crippen LogP contribution in [0.4, 0.5) is 17.1 Å². The average molecular weight is 452 g/mol. The van der Waals surface area contributed by atoms with Crippen molar-refractivity contribution in [3.63, 3.8) is 0 Å². The summed E-state index contributed by atoms with van der Waals surface area (Å²) in [5.74, 6) is 0.252. The van der Waals surface area contributed by atoms with Gasteiger partial charge in [-0.2, -0.15) is 9.78 Å². The highest BCUT2D eigenvalue weighted by molar-refractivity contribution is 5.75. The van der Waals surface area contributed by atoms with Crippen molar-refractivity contribution >= 4 is 23.0 Å². The molecule has 1 aromatic heterocycles. The quantitative estimate of drug-likeness (QED) is 0.394. The molecule has 0 saturated carbocycles. The minimum absolute atomic E-state index is 0.0455. The van der Waals surface area contributed by atoms with Crippen molar-refractivity contribution in [2.45, 2.75) is 13.8 Å². The van der Waals surface area contributed by atoms with E-state index < -0.39 is 10.5 Å². The van der Waals surface area contributed by atoms with E-state index in [0.29, 0.717) is 34.9 Å². The number of aromatic nitrogens is 2. The predicted octanol–water partition coefficient (Wildman–Crippen LogP) is 2.74. The first-order valence-electron chi connectivity index (χ1n) is 10.1. The first kappa shape index (κ1) is 23.3. The van der Waals surface area contributed by atoms with Crippen LogP contribution >= 0.6 is 0 Å². The van der Waals surface area contributed by atoms with E-state index in [1.165, 1.54) is 25.1 Å². The van der Waals surface area contributed by atoms with E-state index in [4.69, 9.17) is 4.74 Å². The van der Waals surface area contributed by atoms with Crippen LogP contribution in [0.15, 0.2) is 53.3 Å². The summed E-state index contributed by atoms with van der Waals surface area (Å²) in [7, 11) is 3.29.